The number of hydrogen-bond acceptors (Lipinski definition) is 15. The first-order valence-corrected chi connectivity index (χ1v) is 12.7. The molecule has 5 aromatic heterocycles. The summed E-state index contributed by atoms with van der Waals surface area (Å²) in [5.74, 6) is -1.31. The van der Waals surface area contributed by atoms with Crippen molar-refractivity contribution in [1.29, 1.82) is 5.26 Å². The summed E-state index contributed by atoms with van der Waals surface area (Å²) >= 11 is 0. The first-order chi connectivity index (χ1) is 21.5. The number of aromatic nitrogens is 5. The number of esters is 1. The van der Waals surface area contributed by atoms with Crippen molar-refractivity contribution in [2.24, 2.45) is 0 Å². The van der Waals surface area contributed by atoms with Crippen molar-refractivity contribution in [3.8, 4) is 40.8 Å². The second kappa shape index (κ2) is 12.3. The Morgan fingerprint density at radius 1 is 0.818 bits per heavy atom. The summed E-state index contributed by atoms with van der Waals surface area (Å²) < 4.78 is 37.2. The molecule has 0 radical (unpaired) electrons. The topological polar surface area (TPSA) is 219 Å². The molecule has 1 N–H and O–H groups in total. The maximum atomic E-state index is 13.2. The molecule has 1 atom stereocenters. The lowest BCUT2D eigenvalue weighted by molar-refractivity contribution is 0.0593. The molecule has 0 saturated carbocycles. The molecule has 0 aliphatic carbocycles. The van der Waals surface area contributed by atoms with Crippen molar-refractivity contribution in [3.63, 3.8) is 0 Å². The quantitative estimate of drug-likeness (QED) is 0.209. The van der Waals surface area contributed by atoms with Gasteiger partial charge in [-0.1, -0.05) is 30.3 Å². The van der Waals surface area contributed by atoms with Crippen molar-refractivity contribution < 1.29 is 41.1 Å². The molecule has 5 heterocycles. The van der Waals surface area contributed by atoms with Gasteiger partial charge < -0.3 is 36.9 Å². The molecule has 1 unspecified atom stereocenters. The van der Waals surface area contributed by atoms with Crippen LogP contribution in [0.25, 0.3) is 34.8 Å². The fraction of sp³-hybridized carbons (Fsp3) is 0.143. The zero-order valence-electron chi connectivity index (χ0n) is 22.6. The summed E-state index contributed by atoms with van der Waals surface area (Å²) in [6.07, 6.45) is 6.02. The van der Waals surface area contributed by atoms with Crippen LogP contribution >= 0.6 is 0 Å². The number of carbonyl (C=O) groups excluding carboxylic acids is 2. The van der Waals surface area contributed by atoms with Gasteiger partial charge >= 0.3 is 11.9 Å². The fourth-order valence-electron chi connectivity index (χ4n) is 3.82. The normalized spacial score (nSPS) is 11.6. The summed E-state index contributed by atoms with van der Waals surface area (Å²) in [5, 5.41) is 11.7. The van der Waals surface area contributed by atoms with Gasteiger partial charge in [-0.05, 0) is 5.56 Å². The van der Waals surface area contributed by atoms with E-state index in [1.165, 1.54) is 25.9 Å². The minimum absolute atomic E-state index is 0.00487. The number of hydrogen-bond donors (Lipinski definition) is 1. The van der Waals surface area contributed by atoms with Crippen LogP contribution in [-0.2, 0) is 16.1 Å². The van der Waals surface area contributed by atoms with Crippen molar-refractivity contribution in [1.82, 2.24) is 30.2 Å². The first-order valence-electron chi connectivity index (χ1n) is 12.7. The van der Waals surface area contributed by atoms with Crippen LogP contribution in [0.3, 0.4) is 0 Å². The number of nitrogens with zero attached hydrogens (tertiary/aromatic N) is 6. The maximum Gasteiger partial charge on any atom is 0.360 e. The molecule has 1 amide bonds. The Labute approximate surface area is 246 Å². The highest BCUT2D eigenvalue weighted by Gasteiger charge is 2.26. The van der Waals surface area contributed by atoms with Crippen LogP contribution in [0.1, 0.15) is 44.4 Å². The molecule has 0 bridgehead atoms. The third kappa shape index (κ3) is 5.98. The van der Waals surface area contributed by atoms with E-state index in [2.05, 4.69) is 35.0 Å². The van der Waals surface area contributed by atoms with Gasteiger partial charge in [0.2, 0.25) is 23.6 Å². The number of benzene rings is 1. The van der Waals surface area contributed by atoms with Gasteiger partial charge in [-0.25, -0.2) is 24.7 Å². The van der Waals surface area contributed by atoms with E-state index in [4.69, 9.17) is 32.1 Å². The Morgan fingerprint density at radius 3 is 2.20 bits per heavy atom. The molecule has 0 saturated heterocycles. The second-order valence-electron chi connectivity index (χ2n) is 8.85. The Bertz CT molecular complexity index is 1940. The van der Waals surface area contributed by atoms with E-state index in [-0.39, 0.29) is 71.1 Å². The van der Waals surface area contributed by atoms with Crippen LogP contribution in [0.5, 0.6) is 0 Å². The Morgan fingerprint density at radius 2 is 1.45 bits per heavy atom. The monoisotopic (exact) mass is 597 g/mol. The summed E-state index contributed by atoms with van der Waals surface area (Å²) in [6.45, 7) is 0.228. The second-order valence-corrected chi connectivity index (χ2v) is 8.85. The van der Waals surface area contributed by atoms with Gasteiger partial charge in [0.05, 0.1) is 20.3 Å². The molecule has 220 valence electrons. The molecule has 0 aliphatic heterocycles. The highest BCUT2D eigenvalue weighted by Crippen LogP contribution is 2.25. The van der Waals surface area contributed by atoms with Crippen LogP contribution < -0.4 is 5.32 Å². The average Bonchev–Trinajstić information content (AvgIpc) is 3.89. The molecular formula is C28H19N7O9. The van der Waals surface area contributed by atoms with Gasteiger partial charge in [0.1, 0.15) is 37.4 Å². The van der Waals surface area contributed by atoms with Gasteiger partial charge in [-0.15, -0.1) is 0 Å². The summed E-state index contributed by atoms with van der Waals surface area (Å²) in [4.78, 5) is 45.7. The SMILES string of the molecule is COC(=O)c1coc(-c2coc(C(COCc3ccccc3)NC(=O)c3coc(-c4coc(-c5coc(C#N)n5)n4)n3)n2)n1. The lowest BCUT2D eigenvalue weighted by Crippen LogP contribution is -2.32. The van der Waals surface area contributed by atoms with Gasteiger partial charge in [0.25, 0.3) is 5.91 Å². The van der Waals surface area contributed by atoms with Gasteiger partial charge in [0, 0.05) is 0 Å². The molecule has 0 spiro atoms. The maximum absolute atomic E-state index is 13.2. The number of rotatable bonds is 11. The lowest BCUT2D eigenvalue weighted by Gasteiger charge is -2.15. The molecule has 6 rings (SSSR count). The molecular weight excluding hydrogens is 578 g/mol. The van der Waals surface area contributed by atoms with Gasteiger partial charge in [-0.2, -0.15) is 10.2 Å². The molecule has 0 fully saturated rings. The Balaban J connectivity index is 1.19. The van der Waals surface area contributed by atoms with Crippen LogP contribution in [0, 0.1) is 11.3 Å². The van der Waals surface area contributed by atoms with Crippen LogP contribution in [-0.4, -0.2) is 50.5 Å². The lowest BCUT2D eigenvalue weighted by atomic mass is 10.2. The number of oxazole rings is 5. The predicted octanol–water partition coefficient (Wildman–Crippen LogP) is 3.97. The molecule has 6 aromatic rings. The van der Waals surface area contributed by atoms with Crippen LogP contribution in [0.15, 0.2) is 83.7 Å². The third-order valence-corrected chi connectivity index (χ3v) is 5.92. The first kappa shape index (κ1) is 27.8. The summed E-state index contributed by atoms with van der Waals surface area (Å²) in [6, 6.07) is 10.3. The van der Waals surface area contributed by atoms with Gasteiger partial charge in [-0.3, -0.25) is 4.79 Å². The van der Waals surface area contributed by atoms with E-state index in [1.54, 1.807) is 6.07 Å². The largest absolute Gasteiger partial charge is 0.464 e. The van der Waals surface area contributed by atoms with Gasteiger partial charge in [0.15, 0.2) is 34.5 Å². The molecule has 44 heavy (non-hydrogen) atoms. The minimum Gasteiger partial charge on any atom is -0.464 e. The number of nitriles is 1. The molecule has 0 aliphatic rings. The number of amides is 1. The highest BCUT2D eigenvalue weighted by atomic mass is 16.5. The molecule has 1 aromatic carbocycles. The number of carbonyl (C=O) groups is 2. The Hall–Kier alpha value is -6.34. The van der Waals surface area contributed by atoms with Crippen molar-refractivity contribution in [2.45, 2.75) is 12.6 Å². The van der Waals surface area contributed by atoms with Crippen LogP contribution in [0.4, 0.5) is 0 Å². The minimum atomic E-state index is -0.879. The smallest absolute Gasteiger partial charge is 0.360 e. The van der Waals surface area contributed by atoms with Crippen molar-refractivity contribution in [3.05, 3.63) is 90.4 Å². The van der Waals surface area contributed by atoms with E-state index in [0.29, 0.717) is 0 Å². The van der Waals surface area contributed by atoms with E-state index in [9.17, 15) is 9.59 Å². The average molecular weight is 597 g/mol. The van der Waals surface area contributed by atoms with Crippen molar-refractivity contribution in [2.75, 3.05) is 13.7 Å². The van der Waals surface area contributed by atoms with E-state index >= 15 is 0 Å². The van der Waals surface area contributed by atoms with E-state index in [0.717, 1.165) is 18.1 Å². The molecule has 16 nitrogen and oxygen atoms in total. The highest BCUT2D eigenvalue weighted by molar-refractivity contribution is 5.92. The zero-order valence-corrected chi connectivity index (χ0v) is 22.6. The van der Waals surface area contributed by atoms with Crippen LogP contribution in [0.2, 0.25) is 0 Å². The number of ether oxygens (including phenoxy) is 2. The fourth-order valence-corrected chi connectivity index (χ4v) is 3.82. The Kier molecular flexibility index (Phi) is 7.75. The standard InChI is InChI=1S/C28H19N7O9/c1-38-28(37)21-14-44-27(35-21)20-13-42-24(33-20)17(9-39-8-15-5-3-2-4-6-15)31-23(36)16-10-41-26(32-16)19-12-43-25(34-19)18-11-40-22(7-29)30-18/h2-6,10-14,17H,8-9H2,1H3,(H,31,36). The third-order valence-electron chi connectivity index (χ3n) is 5.92. The number of methoxy groups -OCH3 is 1. The zero-order chi connectivity index (χ0) is 30.5. The summed E-state index contributed by atoms with van der Waals surface area (Å²) in [7, 11) is 1.22. The predicted molar refractivity (Wildman–Crippen MR) is 142 cm³/mol. The van der Waals surface area contributed by atoms with E-state index in [1.807, 2.05) is 30.3 Å². The van der Waals surface area contributed by atoms with E-state index < -0.39 is 17.9 Å². The number of nitrogens with one attached hydrogen (secondary N) is 1. The van der Waals surface area contributed by atoms with Crippen molar-refractivity contribution >= 4 is 11.9 Å². The summed E-state index contributed by atoms with van der Waals surface area (Å²) in [5.41, 5.74) is 1.36. The molecule has 16 heteroatoms.